The lowest BCUT2D eigenvalue weighted by Gasteiger charge is -1.82. The Balaban J connectivity index is 2.49. The van der Waals surface area contributed by atoms with Crippen LogP contribution in [-0.4, -0.2) is 0 Å². The Labute approximate surface area is 80.7 Å². The number of hydrogen-bond acceptors (Lipinski definition) is 0. The molecule has 1 aliphatic rings. The third-order valence-electron chi connectivity index (χ3n) is 1.69. The van der Waals surface area contributed by atoms with Crippen LogP contribution < -0.4 is 0 Å². The van der Waals surface area contributed by atoms with Crippen LogP contribution >= 0.6 is 0 Å². The fourth-order valence-corrected chi connectivity index (χ4v) is 1.01. The minimum atomic E-state index is 0.998. The van der Waals surface area contributed by atoms with E-state index in [4.69, 9.17) is 0 Å². The van der Waals surface area contributed by atoms with Crippen molar-refractivity contribution >= 4 is 0 Å². The molecule has 1 radical (unpaired) electrons. The van der Waals surface area contributed by atoms with Crippen molar-refractivity contribution in [3.05, 3.63) is 60.8 Å². The van der Waals surface area contributed by atoms with Gasteiger partial charge in [-0.15, -0.1) is 0 Å². The summed E-state index contributed by atoms with van der Waals surface area (Å²) in [6.45, 7) is 0. The van der Waals surface area contributed by atoms with Gasteiger partial charge in [0.2, 0.25) is 0 Å². The van der Waals surface area contributed by atoms with Crippen molar-refractivity contribution < 1.29 is 0 Å². The van der Waals surface area contributed by atoms with Crippen LogP contribution in [0.25, 0.3) is 0 Å². The summed E-state index contributed by atoms with van der Waals surface area (Å²) in [5.74, 6) is 0. The molecule has 1 rings (SSSR count). The van der Waals surface area contributed by atoms with E-state index in [-0.39, 0.29) is 0 Å². The molecule has 0 saturated heterocycles. The number of hydrogen-bond donors (Lipinski definition) is 0. The Hall–Kier alpha value is -1.30. The third kappa shape index (κ3) is 5.92. The molecule has 0 amide bonds. The maximum absolute atomic E-state index is 3.07. The molecule has 0 aromatic heterocycles. The zero-order chi connectivity index (χ0) is 9.19. The van der Waals surface area contributed by atoms with E-state index < -0.39 is 0 Å². The van der Waals surface area contributed by atoms with E-state index in [0.717, 1.165) is 19.3 Å². The molecule has 13 heavy (non-hydrogen) atoms. The molecule has 0 heteroatoms. The fourth-order valence-electron chi connectivity index (χ4n) is 1.01. The molecule has 67 valence electrons. The standard InChI is InChI=1S/C13H15/c1-2-4-6-8-10-12-13-11-9-7-5-3-1/h1-3,6-9,12-13H,4,10-11H2/b2-1-,5-3?,8-6-,9-7+,13-12+. The summed E-state index contributed by atoms with van der Waals surface area (Å²) in [6, 6.07) is 0. The fraction of sp³-hybridized carbons (Fsp3) is 0.231. The van der Waals surface area contributed by atoms with Crippen molar-refractivity contribution in [2.75, 3.05) is 0 Å². The van der Waals surface area contributed by atoms with Gasteiger partial charge in [-0.25, -0.2) is 0 Å². The van der Waals surface area contributed by atoms with Gasteiger partial charge in [0.15, 0.2) is 0 Å². The highest BCUT2D eigenvalue weighted by Gasteiger charge is 1.74. The molecule has 0 aromatic rings. The van der Waals surface area contributed by atoms with E-state index in [0.29, 0.717) is 0 Å². The molecular weight excluding hydrogens is 156 g/mol. The van der Waals surface area contributed by atoms with Crippen molar-refractivity contribution in [2.24, 2.45) is 0 Å². The van der Waals surface area contributed by atoms with Gasteiger partial charge >= 0.3 is 0 Å². The largest absolute Gasteiger partial charge is 0.0844 e. The highest BCUT2D eigenvalue weighted by atomic mass is 13.8. The molecule has 0 spiro atoms. The molecule has 0 atom stereocenters. The van der Waals surface area contributed by atoms with E-state index in [9.17, 15) is 0 Å². The molecule has 1 aliphatic carbocycles. The Morgan fingerprint density at radius 2 is 1.31 bits per heavy atom. The monoisotopic (exact) mass is 171 g/mol. The Bertz CT molecular complexity index is 223. The minimum absolute atomic E-state index is 0.998. The zero-order valence-electron chi connectivity index (χ0n) is 7.82. The molecule has 0 aliphatic heterocycles. The minimum Gasteiger partial charge on any atom is -0.0844 e. The van der Waals surface area contributed by atoms with Crippen LogP contribution in [-0.2, 0) is 0 Å². The molecule has 0 aromatic carbocycles. The van der Waals surface area contributed by atoms with Gasteiger partial charge in [-0.05, 0) is 25.3 Å². The molecule has 0 unspecified atom stereocenters. The van der Waals surface area contributed by atoms with Gasteiger partial charge in [0.05, 0.1) is 0 Å². The van der Waals surface area contributed by atoms with E-state index in [1.807, 2.05) is 18.2 Å². The zero-order valence-corrected chi connectivity index (χ0v) is 7.82. The summed E-state index contributed by atoms with van der Waals surface area (Å²) >= 11 is 0. The smallest absolute Gasteiger partial charge is 0.0166 e. The topological polar surface area (TPSA) is 0 Å². The second-order valence-corrected chi connectivity index (χ2v) is 2.81. The summed E-state index contributed by atoms with van der Waals surface area (Å²) in [4.78, 5) is 0. The Morgan fingerprint density at radius 3 is 2.08 bits per heavy atom. The maximum atomic E-state index is 3.07. The van der Waals surface area contributed by atoms with Gasteiger partial charge in [0.25, 0.3) is 0 Å². The van der Waals surface area contributed by atoms with Crippen LogP contribution in [0.5, 0.6) is 0 Å². The molecule has 0 bridgehead atoms. The highest BCUT2D eigenvalue weighted by Crippen LogP contribution is 1.95. The lowest BCUT2D eigenvalue weighted by Crippen LogP contribution is -1.61. The number of allylic oxidation sites excluding steroid dienone is 10. The van der Waals surface area contributed by atoms with Crippen LogP contribution in [0.1, 0.15) is 19.3 Å². The van der Waals surface area contributed by atoms with Crippen molar-refractivity contribution in [1.82, 2.24) is 0 Å². The highest BCUT2D eigenvalue weighted by molar-refractivity contribution is 5.09. The third-order valence-corrected chi connectivity index (χ3v) is 1.69. The normalized spacial score (nSPS) is 30.2. The molecule has 0 saturated carbocycles. The van der Waals surface area contributed by atoms with Crippen LogP contribution in [0, 0.1) is 6.08 Å². The van der Waals surface area contributed by atoms with Gasteiger partial charge in [-0.3, -0.25) is 0 Å². The van der Waals surface area contributed by atoms with Gasteiger partial charge in [0, 0.05) is 0 Å². The van der Waals surface area contributed by atoms with Gasteiger partial charge < -0.3 is 0 Å². The number of rotatable bonds is 0. The van der Waals surface area contributed by atoms with Crippen LogP contribution in [0.15, 0.2) is 54.7 Å². The summed E-state index contributed by atoms with van der Waals surface area (Å²) < 4.78 is 0. The summed E-state index contributed by atoms with van der Waals surface area (Å²) in [5.41, 5.74) is 0. The Morgan fingerprint density at radius 1 is 0.692 bits per heavy atom. The predicted octanol–water partition coefficient (Wildman–Crippen LogP) is 3.75. The first-order valence-electron chi connectivity index (χ1n) is 4.69. The van der Waals surface area contributed by atoms with E-state index in [1.165, 1.54) is 0 Å². The summed E-state index contributed by atoms with van der Waals surface area (Å²) in [6.07, 6.45) is 25.0. The van der Waals surface area contributed by atoms with E-state index in [2.05, 4.69) is 42.5 Å². The second-order valence-electron chi connectivity index (χ2n) is 2.81. The second kappa shape index (κ2) is 7.35. The Kier molecular flexibility index (Phi) is 5.54. The predicted molar refractivity (Wildman–Crippen MR) is 58.2 cm³/mol. The molecule has 0 fully saturated rings. The van der Waals surface area contributed by atoms with E-state index >= 15 is 0 Å². The quantitative estimate of drug-likeness (QED) is 0.487. The first-order chi connectivity index (χ1) is 6.50. The average molecular weight is 171 g/mol. The van der Waals surface area contributed by atoms with Crippen LogP contribution in [0.2, 0.25) is 0 Å². The molecule has 0 nitrogen and oxygen atoms in total. The first-order valence-corrected chi connectivity index (χ1v) is 4.69. The van der Waals surface area contributed by atoms with Crippen LogP contribution in [0.4, 0.5) is 0 Å². The van der Waals surface area contributed by atoms with Gasteiger partial charge in [-0.2, -0.15) is 0 Å². The lowest BCUT2D eigenvalue weighted by atomic mass is 10.3. The van der Waals surface area contributed by atoms with Crippen LogP contribution in [0.3, 0.4) is 0 Å². The molecule has 0 N–H and O–H groups in total. The summed E-state index contributed by atoms with van der Waals surface area (Å²) in [7, 11) is 0. The van der Waals surface area contributed by atoms with Crippen molar-refractivity contribution in [2.45, 2.75) is 19.3 Å². The van der Waals surface area contributed by atoms with Crippen molar-refractivity contribution in [3.63, 3.8) is 0 Å². The summed E-state index contributed by atoms with van der Waals surface area (Å²) in [5, 5.41) is 0. The first kappa shape index (κ1) is 9.79. The van der Waals surface area contributed by atoms with Crippen molar-refractivity contribution in [3.8, 4) is 0 Å². The average Bonchev–Trinajstić information content (AvgIpc) is 2.18. The SMILES string of the molecule is [C]1=C/C=C\C/C=C\C/C=C/C/C=C/1. The molecular formula is C13H15. The van der Waals surface area contributed by atoms with E-state index in [1.54, 1.807) is 0 Å². The van der Waals surface area contributed by atoms with Gasteiger partial charge in [0.1, 0.15) is 0 Å². The molecule has 0 heterocycles. The maximum Gasteiger partial charge on any atom is -0.0166 e. The van der Waals surface area contributed by atoms with Gasteiger partial charge in [-0.1, -0.05) is 54.7 Å². The van der Waals surface area contributed by atoms with Crippen molar-refractivity contribution in [1.29, 1.82) is 0 Å². The lowest BCUT2D eigenvalue weighted by molar-refractivity contribution is 1.28.